The third-order valence-corrected chi connectivity index (χ3v) is 4.74. The van der Waals surface area contributed by atoms with E-state index in [1.807, 2.05) is 6.08 Å². The van der Waals surface area contributed by atoms with Crippen LogP contribution in [0.25, 0.3) is 6.08 Å². The second-order valence-corrected chi connectivity index (χ2v) is 6.31. The lowest BCUT2D eigenvalue weighted by atomic mass is 9.95. The monoisotopic (exact) mass is 327 g/mol. The minimum Gasteiger partial charge on any atom is -0.363 e. The Bertz CT molecular complexity index is 801. The topological polar surface area (TPSA) is 3.24 Å². The van der Waals surface area contributed by atoms with Crippen molar-refractivity contribution >= 4 is 11.8 Å². The summed E-state index contributed by atoms with van der Waals surface area (Å²) < 4.78 is 0. The number of benzene rings is 3. The van der Waals surface area contributed by atoms with Gasteiger partial charge in [0.25, 0.3) is 0 Å². The van der Waals surface area contributed by atoms with E-state index in [2.05, 4.69) is 104 Å². The summed E-state index contributed by atoms with van der Waals surface area (Å²) in [6.45, 7) is 6.05. The second-order valence-electron chi connectivity index (χ2n) is 6.31. The van der Waals surface area contributed by atoms with Gasteiger partial charge in [-0.05, 0) is 40.8 Å². The van der Waals surface area contributed by atoms with E-state index in [1.54, 1.807) is 0 Å². The van der Waals surface area contributed by atoms with Crippen molar-refractivity contribution in [2.45, 2.75) is 19.4 Å². The molecule has 0 saturated heterocycles. The highest BCUT2D eigenvalue weighted by Crippen LogP contribution is 2.32. The summed E-state index contributed by atoms with van der Waals surface area (Å²) >= 11 is 0. The Morgan fingerprint density at radius 2 is 1.40 bits per heavy atom. The number of hydrogen-bond acceptors (Lipinski definition) is 1. The van der Waals surface area contributed by atoms with E-state index in [4.69, 9.17) is 0 Å². The van der Waals surface area contributed by atoms with Crippen molar-refractivity contribution in [3.05, 3.63) is 108 Å². The van der Waals surface area contributed by atoms with Gasteiger partial charge >= 0.3 is 0 Å². The van der Waals surface area contributed by atoms with Crippen molar-refractivity contribution < 1.29 is 0 Å². The van der Waals surface area contributed by atoms with Gasteiger partial charge in [-0.1, -0.05) is 86.3 Å². The number of nitrogens with zero attached hydrogens (tertiary/aromatic N) is 1. The highest BCUT2D eigenvalue weighted by Gasteiger charge is 2.19. The molecular formula is C24H25N. The Balaban J connectivity index is 2.04. The summed E-state index contributed by atoms with van der Waals surface area (Å²) in [7, 11) is 2.16. The van der Waals surface area contributed by atoms with Crippen LogP contribution in [-0.2, 0) is 6.42 Å². The van der Waals surface area contributed by atoms with Gasteiger partial charge < -0.3 is 4.90 Å². The molecular weight excluding hydrogens is 302 g/mol. The van der Waals surface area contributed by atoms with Crippen LogP contribution < -0.4 is 4.90 Å². The van der Waals surface area contributed by atoms with Gasteiger partial charge in [-0.3, -0.25) is 0 Å². The van der Waals surface area contributed by atoms with E-state index in [0.29, 0.717) is 0 Å². The van der Waals surface area contributed by atoms with Gasteiger partial charge in [-0.2, -0.15) is 0 Å². The summed E-state index contributed by atoms with van der Waals surface area (Å²) in [4.78, 5) is 2.34. The smallest absolute Gasteiger partial charge is 0.0792 e. The lowest BCUT2D eigenvalue weighted by molar-refractivity contribution is 0.782. The third kappa shape index (κ3) is 3.83. The first-order valence-electron chi connectivity index (χ1n) is 8.82. The molecule has 0 heterocycles. The molecule has 3 aromatic carbocycles. The molecule has 0 fully saturated rings. The number of hydrogen-bond donors (Lipinski definition) is 0. The third-order valence-electron chi connectivity index (χ3n) is 4.74. The lowest BCUT2D eigenvalue weighted by Crippen LogP contribution is -2.25. The SMILES string of the molecule is C=Cc1ccc(C(c2ccc(CC)cc2)N(C)c2ccccc2)cc1. The summed E-state index contributed by atoms with van der Waals surface area (Å²) in [5.41, 5.74) is 6.30. The molecule has 3 rings (SSSR count). The van der Waals surface area contributed by atoms with E-state index in [0.717, 1.165) is 12.0 Å². The Hall–Kier alpha value is -2.80. The molecule has 0 amide bonds. The zero-order valence-corrected chi connectivity index (χ0v) is 15.0. The molecule has 0 bridgehead atoms. The molecule has 0 saturated carbocycles. The molecule has 0 aliphatic carbocycles. The van der Waals surface area contributed by atoms with Crippen LogP contribution in [0.2, 0.25) is 0 Å². The minimum absolute atomic E-state index is 0.173. The Morgan fingerprint density at radius 1 is 0.840 bits per heavy atom. The van der Waals surface area contributed by atoms with Crippen LogP contribution in [-0.4, -0.2) is 7.05 Å². The second kappa shape index (κ2) is 7.85. The van der Waals surface area contributed by atoms with E-state index >= 15 is 0 Å². The maximum absolute atomic E-state index is 3.85. The first kappa shape index (κ1) is 17.0. The predicted octanol–water partition coefficient (Wildman–Crippen LogP) is 6.12. The van der Waals surface area contributed by atoms with E-state index in [1.165, 1.54) is 22.4 Å². The number of para-hydroxylation sites is 1. The van der Waals surface area contributed by atoms with E-state index in [9.17, 15) is 0 Å². The first-order chi connectivity index (χ1) is 12.2. The molecule has 1 unspecified atom stereocenters. The molecule has 25 heavy (non-hydrogen) atoms. The summed E-state index contributed by atoms with van der Waals surface area (Å²) in [6, 6.07) is 28.4. The molecule has 0 N–H and O–H groups in total. The van der Waals surface area contributed by atoms with Gasteiger partial charge in [0.15, 0.2) is 0 Å². The van der Waals surface area contributed by atoms with Crippen LogP contribution in [0.4, 0.5) is 5.69 Å². The van der Waals surface area contributed by atoms with Crippen molar-refractivity contribution in [1.82, 2.24) is 0 Å². The van der Waals surface area contributed by atoms with Crippen LogP contribution in [0, 0.1) is 0 Å². The van der Waals surface area contributed by atoms with Crippen LogP contribution in [0.15, 0.2) is 85.4 Å². The van der Waals surface area contributed by atoms with Crippen molar-refractivity contribution in [2.75, 3.05) is 11.9 Å². The molecule has 126 valence electrons. The predicted molar refractivity (Wildman–Crippen MR) is 109 cm³/mol. The van der Waals surface area contributed by atoms with Crippen molar-refractivity contribution in [1.29, 1.82) is 0 Å². The highest BCUT2D eigenvalue weighted by atomic mass is 15.1. The molecule has 0 aromatic heterocycles. The Labute approximate surface area is 151 Å². The molecule has 0 spiro atoms. The summed E-state index contributed by atoms with van der Waals surface area (Å²) in [5, 5.41) is 0. The molecule has 0 aliphatic heterocycles. The fraction of sp³-hybridized carbons (Fsp3) is 0.167. The Morgan fingerprint density at radius 3 is 1.92 bits per heavy atom. The zero-order valence-electron chi connectivity index (χ0n) is 15.0. The number of rotatable bonds is 6. The van der Waals surface area contributed by atoms with Gasteiger partial charge in [-0.15, -0.1) is 0 Å². The molecule has 0 aliphatic rings. The lowest BCUT2D eigenvalue weighted by Gasteiger charge is -2.31. The zero-order chi connectivity index (χ0) is 17.6. The molecule has 1 nitrogen and oxygen atoms in total. The van der Waals surface area contributed by atoms with Crippen LogP contribution >= 0.6 is 0 Å². The van der Waals surface area contributed by atoms with Gasteiger partial charge in [0.05, 0.1) is 6.04 Å². The van der Waals surface area contributed by atoms with Crippen LogP contribution in [0.5, 0.6) is 0 Å². The fourth-order valence-corrected chi connectivity index (χ4v) is 3.20. The maximum Gasteiger partial charge on any atom is 0.0792 e. The maximum atomic E-state index is 3.85. The van der Waals surface area contributed by atoms with Crippen LogP contribution in [0.3, 0.4) is 0 Å². The van der Waals surface area contributed by atoms with Gasteiger partial charge in [0, 0.05) is 12.7 Å². The van der Waals surface area contributed by atoms with Gasteiger partial charge in [0.1, 0.15) is 0 Å². The Kier molecular flexibility index (Phi) is 5.35. The van der Waals surface area contributed by atoms with E-state index < -0.39 is 0 Å². The first-order valence-corrected chi connectivity index (χ1v) is 8.82. The van der Waals surface area contributed by atoms with Crippen LogP contribution in [0.1, 0.15) is 35.2 Å². The quantitative estimate of drug-likeness (QED) is 0.527. The molecule has 1 atom stereocenters. The summed E-state index contributed by atoms with van der Waals surface area (Å²) in [6.07, 6.45) is 2.95. The van der Waals surface area contributed by atoms with Gasteiger partial charge in [-0.25, -0.2) is 0 Å². The highest BCUT2D eigenvalue weighted by molar-refractivity contribution is 5.53. The largest absolute Gasteiger partial charge is 0.363 e. The average Bonchev–Trinajstić information content (AvgIpc) is 2.70. The number of aryl methyl sites for hydroxylation is 1. The standard InChI is InChI=1S/C24H25N/c1-4-19-11-15-21(16-12-19)24(22-17-13-20(5-2)14-18-22)25(3)23-9-7-6-8-10-23/h4,6-18,24H,1,5H2,2-3H3. The number of anilines is 1. The normalized spacial score (nSPS) is 11.8. The molecule has 3 aromatic rings. The van der Waals surface area contributed by atoms with Crippen molar-refractivity contribution in [3.63, 3.8) is 0 Å². The van der Waals surface area contributed by atoms with Crippen molar-refractivity contribution in [3.8, 4) is 0 Å². The summed E-state index contributed by atoms with van der Waals surface area (Å²) in [5.74, 6) is 0. The fourth-order valence-electron chi connectivity index (χ4n) is 3.20. The molecule has 1 heteroatoms. The minimum atomic E-state index is 0.173. The van der Waals surface area contributed by atoms with Crippen molar-refractivity contribution in [2.24, 2.45) is 0 Å². The van der Waals surface area contributed by atoms with E-state index in [-0.39, 0.29) is 6.04 Å². The van der Waals surface area contributed by atoms with Gasteiger partial charge in [0.2, 0.25) is 0 Å². The average molecular weight is 327 g/mol. The molecule has 0 radical (unpaired) electrons.